The second kappa shape index (κ2) is 7.07. The van der Waals surface area contributed by atoms with Gasteiger partial charge in [-0.15, -0.1) is 0 Å². The summed E-state index contributed by atoms with van der Waals surface area (Å²) in [6.07, 6.45) is 0. The molecule has 0 aliphatic rings. The number of hydrogen-bond donors (Lipinski definition) is 1. The fourth-order valence-electron chi connectivity index (χ4n) is 2.19. The number of aromatic carboxylic acids is 1. The Morgan fingerprint density at radius 2 is 1.75 bits per heavy atom. The van der Waals surface area contributed by atoms with Gasteiger partial charge in [0.2, 0.25) is 0 Å². The van der Waals surface area contributed by atoms with Crippen LogP contribution in [0.2, 0.25) is 0 Å². The van der Waals surface area contributed by atoms with Crippen LogP contribution in [-0.2, 0) is 0 Å². The number of anilines is 1. The predicted octanol–water partition coefficient (Wildman–Crippen LogP) is 4.40. The van der Waals surface area contributed by atoms with Crippen molar-refractivity contribution in [2.75, 3.05) is 18.0 Å². The summed E-state index contributed by atoms with van der Waals surface area (Å²) in [7, 11) is 0. The highest BCUT2D eigenvalue weighted by atomic mass is 79.9. The molecule has 112 valence electrons. The van der Waals surface area contributed by atoms with Crippen molar-refractivity contribution in [2.24, 2.45) is 11.8 Å². The fraction of sp³-hybridized carbons (Fsp3) is 0.533. The Hall–Kier alpha value is -1.10. The first kappa shape index (κ1) is 17.0. The van der Waals surface area contributed by atoms with Crippen molar-refractivity contribution in [3.05, 3.63) is 28.0 Å². The van der Waals surface area contributed by atoms with Crippen LogP contribution in [0.4, 0.5) is 10.1 Å². The molecular formula is C15H21BrFNO2. The molecule has 0 heterocycles. The monoisotopic (exact) mass is 345 g/mol. The van der Waals surface area contributed by atoms with Gasteiger partial charge in [0.25, 0.3) is 0 Å². The summed E-state index contributed by atoms with van der Waals surface area (Å²) < 4.78 is 14.7. The maximum atomic E-state index is 14.3. The van der Waals surface area contributed by atoms with Crippen molar-refractivity contribution < 1.29 is 14.3 Å². The van der Waals surface area contributed by atoms with Gasteiger partial charge >= 0.3 is 5.97 Å². The Labute approximate surface area is 127 Å². The number of hydrogen-bond acceptors (Lipinski definition) is 2. The second-order valence-electron chi connectivity index (χ2n) is 5.78. The molecule has 0 unspecified atom stereocenters. The van der Waals surface area contributed by atoms with E-state index in [0.717, 1.165) is 0 Å². The van der Waals surface area contributed by atoms with Crippen LogP contribution in [0.3, 0.4) is 0 Å². The third kappa shape index (κ3) is 4.47. The molecule has 3 nitrogen and oxygen atoms in total. The second-order valence-corrected chi connectivity index (χ2v) is 6.70. The third-order valence-electron chi connectivity index (χ3n) is 2.75. The summed E-state index contributed by atoms with van der Waals surface area (Å²) >= 11 is 3.14. The van der Waals surface area contributed by atoms with E-state index in [1.54, 1.807) is 0 Å². The van der Waals surface area contributed by atoms with Gasteiger partial charge in [-0.3, -0.25) is 0 Å². The number of carboxylic acid groups (broad SMARTS) is 1. The van der Waals surface area contributed by atoms with Crippen molar-refractivity contribution in [2.45, 2.75) is 27.7 Å². The van der Waals surface area contributed by atoms with Gasteiger partial charge in [0.05, 0.1) is 11.3 Å². The van der Waals surface area contributed by atoms with E-state index in [9.17, 15) is 14.3 Å². The Morgan fingerprint density at radius 3 is 2.15 bits per heavy atom. The summed E-state index contributed by atoms with van der Waals surface area (Å²) in [5, 5.41) is 9.32. The number of nitrogens with zero attached hydrogens (tertiary/aromatic N) is 1. The van der Waals surface area contributed by atoms with Crippen molar-refractivity contribution in [1.29, 1.82) is 0 Å². The lowest BCUT2D eigenvalue weighted by atomic mass is 10.1. The zero-order valence-corrected chi connectivity index (χ0v) is 13.9. The van der Waals surface area contributed by atoms with Gasteiger partial charge < -0.3 is 10.0 Å². The molecule has 0 saturated carbocycles. The minimum absolute atomic E-state index is 0.00169. The minimum Gasteiger partial charge on any atom is -0.478 e. The Morgan fingerprint density at radius 1 is 1.25 bits per heavy atom. The average Bonchev–Trinajstić information content (AvgIpc) is 2.25. The van der Waals surface area contributed by atoms with E-state index in [4.69, 9.17) is 0 Å². The highest BCUT2D eigenvalue weighted by Gasteiger charge is 2.22. The molecule has 0 radical (unpaired) electrons. The smallest absolute Gasteiger partial charge is 0.337 e. The first-order valence-corrected chi connectivity index (χ1v) is 7.49. The summed E-state index contributed by atoms with van der Waals surface area (Å²) in [6, 6.07) is 2.77. The van der Waals surface area contributed by atoms with Gasteiger partial charge in [0.15, 0.2) is 0 Å². The number of carbonyl (C=O) groups is 1. The lowest BCUT2D eigenvalue weighted by Crippen LogP contribution is -2.33. The number of benzene rings is 1. The van der Waals surface area contributed by atoms with Crippen molar-refractivity contribution >= 4 is 27.6 Å². The predicted molar refractivity (Wildman–Crippen MR) is 82.9 cm³/mol. The molecule has 1 rings (SSSR count). The number of halogens is 2. The first-order valence-electron chi connectivity index (χ1n) is 6.69. The number of carboxylic acids is 1. The molecule has 0 aliphatic heterocycles. The standard InChI is InChI=1S/C15H21BrFNO2/c1-9(2)7-18(8-10(3)4)14-12(15(19)20)5-11(16)6-13(14)17/h5-6,9-10H,7-8H2,1-4H3,(H,19,20). The quantitative estimate of drug-likeness (QED) is 0.830. The Balaban J connectivity index is 3.33. The maximum absolute atomic E-state index is 14.3. The lowest BCUT2D eigenvalue weighted by Gasteiger charge is -2.30. The Bertz CT molecular complexity index is 479. The molecule has 0 saturated heterocycles. The van der Waals surface area contributed by atoms with Crippen LogP contribution in [0.15, 0.2) is 16.6 Å². The van der Waals surface area contributed by atoms with Crippen LogP contribution in [-0.4, -0.2) is 24.2 Å². The van der Waals surface area contributed by atoms with Crippen LogP contribution in [0.25, 0.3) is 0 Å². The highest BCUT2D eigenvalue weighted by Crippen LogP contribution is 2.30. The van der Waals surface area contributed by atoms with Crippen molar-refractivity contribution in [1.82, 2.24) is 0 Å². The van der Waals surface area contributed by atoms with Gasteiger partial charge in [-0.05, 0) is 24.0 Å². The van der Waals surface area contributed by atoms with E-state index in [1.165, 1.54) is 12.1 Å². The molecular weight excluding hydrogens is 325 g/mol. The SMILES string of the molecule is CC(C)CN(CC(C)C)c1c(F)cc(Br)cc1C(=O)O. The molecule has 1 aromatic rings. The van der Waals surface area contributed by atoms with Gasteiger partial charge in [-0.2, -0.15) is 0 Å². The molecule has 1 aromatic carbocycles. The van der Waals surface area contributed by atoms with Gasteiger partial charge in [0, 0.05) is 17.6 Å². The van der Waals surface area contributed by atoms with Crippen molar-refractivity contribution in [3.8, 4) is 0 Å². The van der Waals surface area contributed by atoms with E-state index in [1.807, 2.05) is 32.6 Å². The Kier molecular flexibility index (Phi) is 5.99. The molecule has 0 amide bonds. The van der Waals surface area contributed by atoms with Crippen LogP contribution in [0.5, 0.6) is 0 Å². The fourth-order valence-corrected chi connectivity index (χ4v) is 2.62. The molecule has 5 heteroatoms. The molecule has 0 atom stereocenters. The van der Waals surface area contributed by atoms with Gasteiger partial charge in [0.1, 0.15) is 5.82 Å². The highest BCUT2D eigenvalue weighted by molar-refractivity contribution is 9.10. The third-order valence-corrected chi connectivity index (χ3v) is 3.20. The molecule has 0 bridgehead atoms. The molecule has 0 fully saturated rings. The topological polar surface area (TPSA) is 40.5 Å². The summed E-state index contributed by atoms with van der Waals surface area (Å²) in [5.74, 6) is -0.979. The van der Waals surface area contributed by atoms with E-state index >= 15 is 0 Å². The summed E-state index contributed by atoms with van der Waals surface area (Å²) in [4.78, 5) is 13.2. The molecule has 0 spiro atoms. The molecule has 1 N–H and O–H groups in total. The van der Waals surface area contributed by atoms with Crippen LogP contribution in [0, 0.1) is 17.7 Å². The van der Waals surface area contributed by atoms with Crippen molar-refractivity contribution in [3.63, 3.8) is 0 Å². The summed E-state index contributed by atoms with van der Waals surface area (Å²) in [5.41, 5.74) is 0.182. The van der Waals surface area contributed by atoms with Gasteiger partial charge in [-0.25, -0.2) is 9.18 Å². The van der Waals surface area contributed by atoms with Crippen LogP contribution < -0.4 is 4.90 Å². The zero-order valence-electron chi connectivity index (χ0n) is 12.3. The normalized spacial score (nSPS) is 11.2. The van der Waals surface area contributed by atoms with E-state index in [2.05, 4.69) is 15.9 Å². The molecule has 0 aromatic heterocycles. The summed E-state index contributed by atoms with van der Waals surface area (Å²) in [6.45, 7) is 9.37. The largest absolute Gasteiger partial charge is 0.478 e. The lowest BCUT2D eigenvalue weighted by molar-refractivity contribution is 0.0697. The van der Waals surface area contributed by atoms with Gasteiger partial charge in [-0.1, -0.05) is 43.6 Å². The molecule has 0 aliphatic carbocycles. The van der Waals surface area contributed by atoms with E-state index in [0.29, 0.717) is 29.4 Å². The zero-order chi connectivity index (χ0) is 15.4. The van der Waals surface area contributed by atoms with Crippen LogP contribution >= 0.6 is 15.9 Å². The van der Waals surface area contributed by atoms with E-state index < -0.39 is 11.8 Å². The van der Waals surface area contributed by atoms with Crippen LogP contribution in [0.1, 0.15) is 38.1 Å². The maximum Gasteiger partial charge on any atom is 0.337 e. The molecule has 20 heavy (non-hydrogen) atoms. The number of rotatable bonds is 6. The minimum atomic E-state index is -1.11. The average molecular weight is 346 g/mol. The first-order chi connectivity index (χ1) is 9.22. The van der Waals surface area contributed by atoms with E-state index in [-0.39, 0.29) is 11.3 Å².